The van der Waals surface area contributed by atoms with Gasteiger partial charge in [0.1, 0.15) is 42.6 Å². The molecule has 2 aliphatic heterocycles. The van der Waals surface area contributed by atoms with Crippen LogP contribution in [0.1, 0.15) is 71.0 Å². The summed E-state index contributed by atoms with van der Waals surface area (Å²) < 4.78 is 12.6. The predicted molar refractivity (Wildman–Crippen MR) is 200 cm³/mol. The van der Waals surface area contributed by atoms with Gasteiger partial charge < -0.3 is 19.5 Å². The van der Waals surface area contributed by atoms with Gasteiger partial charge in [-0.05, 0) is 111 Å². The lowest BCUT2D eigenvalue weighted by atomic mass is 9.90. The molecule has 1 aromatic heterocycles. The Morgan fingerprint density at radius 3 is 2.38 bits per heavy atom. The maximum Gasteiger partial charge on any atom is 0.321 e. The minimum atomic E-state index is -1.05. The van der Waals surface area contributed by atoms with Gasteiger partial charge in [-0.3, -0.25) is 19.5 Å². The van der Waals surface area contributed by atoms with Crippen LogP contribution >= 0.6 is 11.6 Å². The highest BCUT2D eigenvalue weighted by Crippen LogP contribution is 2.37. The molecule has 0 spiro atoms. The molecule has 1 atom stereocenters. The number of benzene rings is 3. The van der Waals surface area contributed by atoms with Crippen molar-refractivity contribution in [2.24, 2.45) is 0 Å². The van der Waals surface area contributed by atoms with Gasteiger partial charge in [0.2, 0.25) is 0 Å². The lowest BCUT2D eigenvalue weighted by Gasteiger charge is -2.23. The van der Waals surface area contributed by atoms with Crippen molar-refractivity contribution in [3.63, 3.8) is 0 Å². The number of aromatic nitrogens is 1. The molecule has 3 aromatic carbocycles. The fourth-order valence-electron chi connectivity index (χ4n) is 7.30. The Kier molecular flexibility index (Phi) is 12.2. The van der Waals surface area contributed by atoms with E-state index < -0.39 is 12.0 Å². The Hall–Kier alpha value is -4.75. The van der Waals surface area contributed by atoms with E-state index in [4.69, 9.17) is 21.1 Å². The Morgan fingerprint density at radius 1 is 0.942 bits per heavy atom. The Morgan fingerprint density at radius 2 is 1.65 bits per heavy atom. The van der Waals surface area contributed by atoms with Crippen LogP contribution in [0.5, 0.6) is 11.5 Å². The average Bonchev–Trinajstić information content (AvgIpc) is 3.80. The number of pyridine rings is 1. The van der Waals surface area contributed by atoms with Crippen LogP contribution in [0.2, 0.25) is 5.02 Å². The quantitative estimate of drug-likeness (QED) is 0.123. The first-order chi connectivity index (χ1) is 25.2. The van der Waals surface area contributed by atoms with E-state index in [2.05, 4.69) is 66.2 Å². The zero-order valence-corrected chi connectivity index (χ0v) is 30.6. The molecule has 0 saturated carbocycles. The van der Waals surface area contributed by atoms with Gasteiger partial charge >= 0.3 is 5.97 Å². The summed E-state index contributed by atoms with van der Waals surface area (Å²) in [6.07, 6.45) is 9.18. The summed E-state index contributed by atoms with van der Waals surface area (Å²) in [7, 11) is 0. The summed E-state index contributed by atoms with van der Waals surface area (Å²) in [5, 5.41) is 19.4. The number of Topliss-reactive ketones (excluding diaryl/α,β-unsaturated/α-hetero) is 1. The van der Waals surface area contributed by atoms with E-state index in [0.717, 1.165) is 17.5 Å². The molecule has 10 heteroatoms. The number of unbranched alkanes of at least 4 members (excludes halogenated alkanes) is 1. The number of likely N-dealkylation sites (tertiary alicyclic amines) is 2. The highest BCUT2D eigenvalue weighted by Gasteiger charge is 2.36. The Balaban J connectivity index is 1.20. The summed E-state index contributed by atoms with van der Waals surface area (Å²) in [5.74, 6) is -0.337. The minimum Gasteiger partial charge on any atom is -0.488 e. The van der Waals surface area contributed by atoms with Gasteiger partial charge in [0.25, 0.3) is 0 Å². The van der Waals surface area contributed by atoms with E-state index in [0.29, 0.717) is 33.2 Å². The standard InChI is InChI=1S/C42H45ClN4O5/c1-28-32(9-3-4-14-46-15-5-6-16-46)10-7-12-36(28)37-13-8-11-33(29(37)2)27-52-41-20-40(51-26-31-17-30(21-44)22-45-23-31)34(18-38(41)43)24-47-25-35(48)19-39(47)42(49)50/h7-8,10-13,17-18,20,22-23,39H,3-6,9,14-16,19,24-27H2,1-2H3,(H,49,50)/t39-/m0/s1. The molecule has 2 aliphatic rings. The molecule has 270 valence electrons. The largest absolute Gasteiger partial charge is 0.488 e. The highest BCUT2D eigenvalue weighted by molar-refractivity contribution is 6.32. The average molecular weight is 721 g/mol. The van der Waals surface area contributed by atoms with Crippen molar-refractivity contribution in [2.45, 2.75) is 78.2 Å². The number of carboxylic acids is 1. The fraction of sp³-hybridized carbons (Fsp3) is 0.381. The summed E-state index contributed by atoms with van der Waals surface area (Å²) in [6, 6.07) is 19.2. The number of aliphatic carboxylic acids is 1. The van der Waals surface area contributed by atoms with Crippen molar-refractivity contribution in [3.8, 4) is 28.7 Å². The van der Waals surface area contributed by atoms with Crippen molar-refractivity contribution in [3.05, 3.63) is 111 Å². The zero-order valence-electron chi connectivity index (χ0n) is 29.9. The van der Waals surface area contributed by atoms with Gasteiger partial charge in [-0.15, -0.1) is 0 Å². The van der Waals surface area contributed by atoms with Crippen LogP contribution in [0.15, 0.2) is 67.0 Å². The van der Waals surface area contributed by atoms with Crippen molar-refractivity contribution in [1.82, 2.24) is 14.8 Å². The van der Waals surface area contributed by atoms with Gasteiger partial charge in [0.15, 0.2) is 0 Å². The maximum atomic E-state index is 12.2. The van der Waals surface area contributed by atoms with Gasteiger partial charge in [-0.2, -0.15) is 5.26 Å². The summed E-state index contributed by atoms with van der Waals surface area (Å²) in [4.78, 5) is 32.4. The van der Waals surface area contributed by atoms with Crippen LogP contribution in [0, 0.1) is 25.2 Å². The number of halogens is 1. The summed E-state index contributed by atoms with van der Waals surface area (Å²) in [6.45, 7) is 8.57. The molecular weight excluding hydrogens is 676 g/mol. The second-order valence-corrected chi connectivity index (χ2v) is 14.3. The number of carbonyl (C=O) groups excluding carboxylic acids is 1. The lowest BCUT2D eigenvalue weighted by molar-refractivity contribution is -0.142. The van der Waals surface area contributed by atoms with Gasteiger partial charge in [-0.1, -0.05) is 48.0 Å². The second-order valence-electron chi connectivity index (χ2n) is 13.8. The highest BCUT2D eigenvalue weighted by atomic mass is 35.5. The second kappa shape index (κ2) is 17.2. The Labute approximate surface area is 310 Å². The number of carboxylic acid groups (broad SMARTS) is 1. The van der Waals surface area contributed by atoms with Crippen molar-refractivity contribution >= 4 is 23.4 Å². The molecule has 0 aliphatic carbocycles. The predicted octanol–water partition coefficient (Wildman–Crippen LogP) is 7.70. The van der Waals surface area contributed by atoms with E-state index in [1.54, 1.807) is 29.3 Å². The van der Waals surface area contributed by atoms with Crippen LogP contribution in [-0.2, 0) is 35.8 Å². The zero-order chi connectivity index (χ0) is 36.6. The first kappa shape index (κ1) is 37.0. The molecule has 0 unspecified atom stereocenters. The van der Waals surface area contributed by atoms with E-state index >= 15 is 0 Å². The molecule has 0 amide bonds. The lowest BCUT2D eigenvalue weighted by Crippen LogP contribution is -2.35. The van der Waals surface area contributed by atoms with Crippen LogP contribution in [-0.4, -0.2) is 63.9 Å². The Bertz CT molecular complexity index is 1970. The molecule has 9 nitrogen and oxygen atoms in total. The smallest absolute Gasteiger partial charge is 0.321 e. The first-order valence-electron chi connectivity index (χ1n) is 18.0. The SMILES string of the molecule is Cc1c(CCCCN2CCCC2)cccc1-c1cccc(COc2cc(OCc3cncc(C#N)c3)c(CN3CC(=O)C[C@H]3C(=O)O)cc2Cl)c1C. The van der Waals surface area contributed by atoms with Crippen LogP contribution in [0.3, 0.4) is 0 Å². The number of nitrogens with zero attached hydrogens (tertiary/aromatic N) is 4. The number of hydrogen-bond donors (Lipinski definition) is 1. The van der Waals surface area contributed by atoms with E-state index in [1.165, 1.54) is 73.8 Å². The maximum absolute atomic E-state index is 12.2. The normalized spacial score (nSPS) is 16.3. The number of ether oxygens (including phenoxy) is 2. The van der Waals surface area contributed by atoms with Crippen LogP contribution in [0.4, 0.5) is 0 Å². The molecule has 0 bridgehead atoms. The number of hydrogen-bond acceptors (Lipinski definition) is 8. The summed E-state index contributed by atoms with van der Waals surface area (Å²) >= 11 is 6.80. The minimum absolute atomic E-state index is 0.0250. The fourth-order valence-corrected chi connectivity index (χ4v) is 7.54. The molecule has 52 heavy (non-hydrogen) atoms. The van der Waals surface area contributed by atoms with Crippen molar-refractivity contribution < 1.29 is 24.2 Å². The van der Waals surface area contributed by atoms with Crippen LogP contribution < -0.4 is 9.47 Å². The van der Waals surface area contributed by atoms with Crippen molar-refractivity contribution in [2.75, 3.05) is 26.2 Å². The van der Waals surface area contributed by atoms with Gasteiger partial charge in [0.05, 0.1) is 17.1 Å². The van der Waals surface area contributed by atoms with Gasteiger partial charge in [-0.25, -0.2) is 0 Å². The van der Waals surface area contributed by atoms with Crippen molar-refractivity contribution in [1.29, 1.82) is 5.26 Å². The molecule has 1 N–H and O–H groups in total. The van der Waals surface area contributed by atoms with E-state index in [9.17, 15) is 20.0 Å². The molecule has 4 aromatic rings. The molecule has 2 saturated heterocycles. The topological polar surface area (TPSA) is 116 Å². The van der Waals surface area contributed by atoms with E-state index in [-0.39, 0.29) is 38.5 Å². The third-order valence-corrected chi connectivity index (χ3v) is 10.6. The third kappa shape index (κ3) is 8.99. The number of ketones is 1. The molecule has 2 fully saturated rings. The first-order valence-corrected chi connectivity index (χ1v) is 18.4. The number of carbonyl (C=O) groups is 2. The number of rotatable bonds is 15. The van der Waals surface area contributed by atoms with E-state index in [1.807, 2.05) is 0 Å². The molecule has 6 rings (SSSR count). The molecule has 0 radical (unpaired) electrons. The third-order valence-electron chi connectivity index (χ3n) is 10.3. The number of aryl methyl sites for hydroxylation is 1. The number of nitriles is 1. The monoisotopic (exact) mass is 720 g/mol. The van der Waals surface area contributed by atoms with Gasteiger partial charge in [0, 0.05) is 42.6 Å². The molecule has 3 heterocycles. The molecular formula is C42H45ClN4O5. The van der Waals surface area contributed by atoms with Crippen LogP contribution in [0.25, 0.3) is 11.1 Å². The summed E-state index contributed by atoms with van der Waals surface area (Å²) in [5.41, 5.74) is 8.97.